The van der Waals surface area contributed by atoms with E-state index in [1.54, 1.807) is 0 Å². The van der Waals surface area contributed by atoms with E-state index in [1.165, 1.54) is 0 Å². The fourth-order valence-electron chi connectivity index (χ4n) is 1.53. The molecule has 0 fully saturated rings. The maximum atomic E-state index is 5.90. The van der Waals surface area contributed by atoms with Crippen molar-refractivity contribution < 1.29 is 9.47 Å². The van der Waals surface area contributed by atoms with Crippen molar-refractivity contribution in [1.82, 2.24) is 10.2 Å². The molecule has 0 radical (unpaired) electrons. The van der Waals surface area contributed by atoms with Crippen LogP contribution in [0.25, 0.3) is 0 Å². The van der Waals surface area contributed by atoms with Crippen LogP contribution in [0.1, 0.15) is 18.1 Å². The summed E-state index contributed by atoms with van der Waals surface area (Å²) in [5, 5.41) is 8.21. The molecule has 2 rings (SSSR count). The SMILES string of the molecule is CCOc1ccc(Oc2nnc(Cl)c(C)c2C)cc1. The number of ether oxygens (including phenoxy) is 2. The Labute approximate surface area is 117 Å². The van der Waals surface area contributed by atoms with E-state index in [2.05, 4.69) is 10.2 Å². The Morgan fingerprint density at radius 3 is 2.26 bits per heavy atom. The number of nitrogens with zero attached hydrogens (tertiary/aromatic N) is 2. The molecule has 0 atom stereocenters. The van der Waals surface area contributed by atoms with Crippen LogP contribution in [0, 0.1) is 13.8 Å². The molecule has 19 heavy (non-hydrogen) atoms. The van der Waals surface area contributed by atoms with Crippen LogP contribution in [-0.4, -0.2) is 16.8 Å². The summed E-state index contributed by atoms with van der Waals surface area (Å²) in [4.78, 5) is 0. The van der Waals surface area contributed by atoms with Gasteiger partial charge in [0.1, 0.15) is 11.5 Å². The van der Waals surface area contributed by atoms with Crippen molar-refractivity contribution in [3.8, 4) is 17.4 Å². The van der Waals surface area contributed by atoms with Gasteiger partial charge < -0.3 is 9.47 Å². The first-order valence-corrected chi connectivity index (χ1v) is 6.39. The van der Waals surface area contributed by atoms with Gasteiger partial charge in [-0.2, -0.15) is 0 Å². The lowest BCUT2D eigenvalue weighted by Gasteiger charge is -2.10. The Kier molecular flexibility index (Phi) is 4.22. The summed E-state index contributed by atoms with van der Waals surface area (Å²) in [6, 6.07) is 7.36. The quantitative estimate of drug-likeness (QED) is 0.850. The number of benzene rings is 1. The summed E-state index contributed by atoms with van der Waals surface area (Å²) in [5.41, 5.74) is 1.76. The molecule has 0 spiro atoms. The molecule has 0 saturated heterocycles. The van der Waals surface area contributed by atoms with Crippen LogP contribution in [0.2, 0.25) is 5.15 Å². The van der Waals surface area contributed by atoms with E-state index >= 15 is 0 Å². The number of halogens is 1. The van der Waals surface area contributed by atoms with Crippen LogP contribution in [0.3, 0.4) is 0 Å². The van der Waals surface area contributed by atoms with E-state index in [1.807, 2.05) is 45.0 Å². The Hall–Kier alpha value is -1.81. The molecule has 4 nitrogen and oxygen atoms in total. The van der Waals surface area contributed by atoms with Crippen LogP contribution < -0.4 is 9.47 Å². The van der Waals surface area contributed by atoms with Gasteiger partial charge in [0.05, 0.1) is 6.61 Å². The van der Waals surface area contributed by atoms with Crippen molar-refractivity contribution in [2.45, 2.75) is 20.8 Å². The van der Waals surface area contributed by atoms with E-state index < -0.39 is 0 Å². The number of aromatic nitrogens is 2. The molecular weight excluding hydrogens is 264 g/mol. The average Bonchev–Trinajstić information content (AvgIpc) is 2.42. The Morgan fingerprint density at radius 1 is 1.00 bits per heavy atom. The molecule has 1 aromatic carbocycles. The third-order valence-electron chi connectivity index (χ3n) is 2.77. The number of hydrogen-bond donors (Lipinski definition) is 0. The van der Waals surface area contributed by atoms with Gasteiger partial charge in [-0.15, -0.1) is 10.2 Å². The lowest BCUT2D eigenvalue weighted by Crippen LogP contribution is -1.97. The van der Waals surface area contributed by atoms with Crippen LogP contribution in [0.4, 0.5) is 0 Å². The van der Waals surface area contributed by atoms with Crippen LogP contribution >= 0.6 is 11.6 Å². The monoisotopic (exact) mass is 278 g/mol. The minimum Gasteiger partial charge on any atom is -0.494 e. The third-order valence-corrected chi connectivity index (χ3v) is 3.13. The molecule has 5 heteroatoms. The Morgan fingerprint density at radius 2 is 1.63 bits per heavy atom. The molecule has 2 aromatic rings. The summed E-state index contributed by atoms with van der Waals surface area (Å²) < 4.78 is 11.1. The van der Waals surface area contributed by atoms with Crippen molar-refractivity contribution in [2.24, 2.45) is 0 Å². The molecule has 100 valence electrons. The molecule has 0 amide bonds. The molecule has 0 unspecified atom stereocenters. The number of hydrogen-bond acceptors (Lipinski definition) is 4. The summed E-state index contributed by atoms with van der Waals surface area (Å²) in [5.74, 6) is 1.96. The van der Waals surface area contributed by atoms with Gasteiger partial charge >= 0.3 is 0 Å². The fourth-order valence-corrected chi connectivity index (χ4v) is 1.71. The molecule has 0 N–H and O–H groups in total. The zero-order valence-corrected chi connectivity index (χ0v) is 11.9. The van der Waals surface area contributed by atoms with Crippen molar-refractivity contribution in [3.63, 3.8) is 0 Å². The highest BCUT2D eigenvalue weighted by molar-refractivity contribution is 6.30. The number of rotatable bonds is 4. The molecule has 0 aliphatic heterocycles. The lowest BCUT2D eigenvalue weighted by molar-refractivity contribution is 0.339. The van der Waals surface area contributed by atoms with Crippen LogP contribution in [0.5, 0.6) is 17.4 Å². The van der Waals surface area contributed by atoms with E-state index in [4.69, 9.17) is 21.1 Å². The minimum atomic E-state index is 0.400. The van der Waals surface area contributed by atoms with E-state index in [0.29, 0.717) is 23.4 Å². The molecular formula is C14H15ClN2O2. The highest BCUT2D eigenvalue weighted by Gasteiger charge is 2.10. The lowest BCUT2D eigenvalue weighted by atomic mass is 10.2. The summed E-state index contributed by atoms with van der Waals surface area (Å²) in [6.07, 6.45) is 0. The maximum Gasteiger partial charge on any atom is 0.242 e. The first-order chi connectivity index (χ1) is 9.11. The van der Waals surface area contributed by atoms with E-state index in [-0.39, 0.29) is 0 Å². The average molecular weight is 279 g/mol. The topological polar surface area (TPSA) is 44.2 Å². The zero-order valence-electron chi connectivity index (χ0n) is 11.1. The van der Waals surface area contributed by atoms with Gasteiger partial charge in [0, 0.05) is 5.56 Å². The Balaban J connectivity index is 2.19. The van der Waals surface area contributed by atoms with Crippen LogP contribution in [0.15, 0.2) is 24.3 Å². The maximum absolute atomic E-state index is 5.90. The van der Waals surface area contributed by atoms with Gasteiger partial charge in [-0.3, -0.25) is 0 Å². The van der Waals surface area contributed by atoms with Crippen LogP contribution in [-0.2, 0) is 0 Å². The molecule has 0 aliphatic rings. The third kappa shape index (κ3) is 3.15. The van der Waals surface area contributed by atoms with Crippen molar-refractivity contribution in [2.75, 3.05) is 6.61 Å². The van der Waals surface area contributed by atoms with Gasteiger partial charge in [0.25, 0.3) is 0 Å². The highest BCUT2D eigenvalue weighted by Crippen LogP contribution is 2.27. The predicted molar refractivity (Wildman–Crippen MR) is 74.2 cm³/mol. The summed E-state index contributed by atoms with van der Waals surface area (Å²) in [6.45, 7) is 6.37. The smallest absolute Gasteiger partial charge is 0.242 e. The summed E-state index contributed by atoms with van der Waals surface area (Å²) in [7, 11) is 0. The van der Waals surface area contributed by atoms with E-state index in [9.17, 15) is 0 Å². The first-order valence-electron chi connectivity index (χ1n) is 6.02. The largest absolute Gasteiger partial charge is 0.494 e. The van der Waals surface area contributed by atoms with Gasteiger partial charge in [0.15, 0.2) is 5.15 Å². The predicted octanol–water partition coefficient (Wildman–Crippen LogP) is 3.94. The molecule has 0 bridgehead atoms. The second-order valence-electron chi connectivity index (χ2n) is 4.05. The second kappa shape index (κ2) is 5.89. The molecule has 1 heterocycles. The van der Waals surface area contributed by atoms with Crippen molar-refractivity contribution in [1.29, 1.82) is 0 Å². The van der Waals surface area contributed by atoms with Crippen molar-refractivity contribution in [3.05, 3.63) is 40.5 Å². The molecule has 0 saturated carbocycles. The van der Waals surface area contributed by atoms with Gasteiger partial charge in [-0.1, -0.05) is 11.6 Å². The fraction of sp³-hybridized carbons (Fsp3) is 0.286. The second-order valence-corrected chi connectivity index (χ2v) is 4.41. The minimum absolute atomic E-state index is 0.400. The first kappa shape index (κ1) is 13.6. The van der Waals surface area contributed by atoms with Gasteiger partial charge in [-0.05, 0) is 50.6 Å². The van der Waals surface area contributed by atoms with Crippen molar-refractivity contribution >= 4 is 11.6 Å². The molecule has 0 aliphatic carbocycles. The van der Waals surface area contributed by atoms with Gasteiger partial charge in [0.2, 0.25) is 5.88 Å². The summed E-state index contributed by atoms with van der Waals surface area (Å²) >= 11 is 5.90. The normalized spacial score (nSPS) is 10.3. The van der Waals surface area contributed by atoms with Gasteiger partial charge in [-0.25, -0.2) is 0 Å². The molecule has 1 aromatic heterocycles. The van der Waals surface area contributed by atoms with E-state index in [0.717, 1.165) is 16.9 Å². The standard InChI is InChI=1S/C14H15ClN2O2/c1-4-18-11-5-7-12(8-6-11)19-14-10(3)9(2)13(15)16-17-14/h5-8H,4H2,1-3H3. The highest BCUT2D eigenvalue weighted by atomic mass is 35.5. The zero-order chi connectivity index (χ0) is 13.8. The Bertz CT molecular complexity index is 570.